The van der Waals surface area contributed by atoms with Gasteiger partial charge in [-0.3, -0.25) is 9.59 Å². The summed E-state index contributed by atoms with van der Waals surface area (Å²) in [7, 11) is 0. The Morgan fingerprint density at radius 2 is 1.72 bits per heavy atom. The second-order valence-electron chi connectivity index (χ2n) is 9.63. The molecular weight excluding hydrogens is 410 g/mol. The van der Waals surface area contributed by atoms with Crippen LogP contribution in [-0.2, 0) is 15.0 Å². The van der Waals surface area contributed by atoms with Crippen LogP contribution in [0.3, 0.4) is 0 Å². The minimum atomic E-state index is -0.846. The van der Waals surface area contributed by atoms with Gasteiger partial charge in [0.2, 0.25) is 5.91 Å². The van der Waals surface area contributed by atoms with Crippen LogP contribution in [0.1, 0.15) is 63.9 Å². The lowest BCUT2D eigenvalue weighted by Crippen LogP contribution is -2.51. The maximum Gasteiger partial charge on any atom is 0.325 e. The molecule has 2 aliphatic carbocycles. The lowest BCUT2D eigenvalue weighted by Gasteiger charge is -2.32. The molecular formula is C24H31N3O5. The first kappa shape index (κ1) is 21.1. The standard InChI is InChI=1S/C24H31N3O5/c1-16(27-21(29)24(26-22(27)30)10-4-5-11-24)20(28)25-15-23(8-2-3-9-23)17-6-7-18-19(14-17)32-13-12-31-18/h6-7,14,16H,2-5,8-13,15H2,1H3,(H,25,28)(H,26,30). The van der Waals surface area contributed by atoms with Crippen molar-refractivity contribution < 1.29 is 23.9 Å². The van der Waals surface area contributed by atoms with E-state index >= 15 is 0 Å². The van der Waals surface area contributed by atoms with Crippen LogP contribution in [-0.4, -0.2) is 54.1 Å². The van der Waals surface area contributed by atoms with Crippen molar-refractivity contribution in [3.63, 3.8) is 0 Å². The van der Waals surface area contributed by atoms with E-state index in [0.717, 1.165) is 60.5 Å². The van der Waals surface area contributed by atoms with Crippen molar-refractivity contribution in [3.05, 3.63) is 23.8 Å². The molecule has 8 nitrogen and oxygen atoms in total. The number of rotatable bonds is 5. The van der Waals surface area contributed by atoms with Crippen LogP contribution in [0.15, 0.2) is 18.2 Å². The predicted molar refractivity (Wildman–Crippen MR) is 117 cm³/mol. The molecule has 1 saturated heterocycles. The van der Waals surface area contributed by atoms with Gasteiger partial charge in [-0.25, -0.2) is 9.69 Å². The van der Waals surface area contributed by atoms with Gasteiger partial charge < -0.3 is 20.1 Å². The first-order valence-electron chi connectivity index (χ1n) is 11.8. The van der Waals surface area contributed by atoms with E-state index < -0.39 is 17.6 Å². The zero-order valence-corrected chi connectivity index (χ0v) is 18.6. The Morgan fingerprint density at radius 3 is 2.44 bits per heavy atom. The number of hydrogen-bond acceptors (Lipinski definition) is 5. The second kappa shape index (κ2) is 7.98. The van der Waals surface area contributed by atoms with Crippen LogP contribution in [0.4, 0.5) is 4.79 Å². The van der Waals surface area contributed by atoms with E-state index in [0.29, 0.717) is 32.6 Å². The molecule has 4 aliphatic rings. The summed E-state index contributed by atoms with van der Waals surface area (Å²) in [6.45, 7) is 3.18. The van der Waals surface area contributed by atoms with Gasteiger partial charge in [-0.15, -0.1) is 0 Å². The SMILES string of the molecule is CC(C(=O)NCC1(c2ccc3c(c2)OCCO3)CCCC1)N1C(=O)NC2(CCCC2)C1=O. The molecule has 5 rings (SSSR count). The summed E-state index contributed by atoms with van der Waals surface area (Å²) in [5.41, 5.74) is 0.144. The summed E-state index contributed by atoms with van der Waals surface area (Å²) >= 11 is 0. The molecule has 1 aromatic carbocycles. The first-order valence-corrected chi connectivity index (χ1v) is 11.8. The fourth-order valence-electron chi connectivity index (χ4n) is 5.82. The van der Waals surface area contributed by atoms with E-state index in [1.54, 1.807) is 6.92 Å². The molecule has 0 aromatic heterocycles. The third-order valence-electron chi connectivity index (χ3n) is 7.73. The smallest absolute Gasteiger partial charge is 0.325 e. The highest BCUT2D eigenvalue weighted by Crippen LogP contribution is 2.44. The number of urea groups is 1. The molecule has 1 spiro atoms. The molecule has 172 valence electrons. The van der Waals surface area contributed by atoms with Crippen molar-refractivity contribution in [2.75, 3.05) is 19.8 Å². The molecule has 0 bridgehead atoms. The Labute approximate surface area is 188 Å². The Kier molecular flexibility index (Phi) is 5.26. The molecule has 8 heteroatoms. The number of amides is 4. The largest absolute Gasteiger partial charge is 0.486 e. The Bertz CT molecular complexity index is 934. The van der Waals surface area contributed by atoms with Crippen molar-refractivity contribution in [1.82, 2.24) is 15.5 Å². The molecule has 1 unspecified atom stereocenters. The van der Waals surface area contributed by atoms with Crippen molar-refractivity contribution in [3.8, 4) is 11.5 Å². The number of carbonyl (C=O) groups excluding carboxylic acids is 3. The molecule has 0 radical (unpaired) electrons. The van der Waals surface area contributed by atoms with E-state index in [4.69, 9.17) is 9.47 Å². The summed E-state index contributed by atoms with van der Waals surface area (Å²) in [5, 5.41) is 5.91. The Hall–Kier alpha value is -2.77. The number of ether oxygens (including phenoxy) is 2. The molecule has 4 amide bonds. The maximum absolute atomic E-state index is 13.1. The van der Waals surface area contributed by atoms with E-state index in [-0.39, 0.29) is 17.2 Å². The first-order chi connectivity index (χ1) is 15.4. The minimum absolute atomic E-state index is 0.185. The summed E-state index contributed by atoms with van der Waals surface area (Å²) < 4.78 is 11.4. The zero-order chi connectivity index (χ0) is 22.3. The van der Waals surface area contributed by atoms with Crippen molar-refractivity contribution in [2.45, 2.75) is 75.3 Å². The maximum atomic E-state index is 13.1. The molecule has 2 saturated carbocycles. The Morgan fingerprint density at radius 1 is 1.06 bits per heavy atom. The summed E-state index contributed by atoms with van der Waals surface area (Å²) in [6, 6.07) is 4.75. The highest BCUT2D eigenvalue weighted by atomic mass is 16.6. The van der Waals surface area contributed by atoms with Gasteiger partial charge in [0.1, 0.15) is 24.8 Å². The number of carbonyl (C=O) groups is 3. The highest BCUT2D eigenvalue weighted by Gasteiger charge is 2.54. The van der Waals surface area contributed by atoms with E-state index in [9.17, 15) is 14.4 Å². The average Bonchev–Trinajstić information content (AvgIpc) is 3.53. The normalized spacial score (nSPS) is 24.0. The van der Waals surface area contributed by atoms with E-state index in [1.165, 1.54) is 0 Å². The van der Waals surface area contributed by atoms with Gasteiger partial charge in [-0.2, -0.15) is 0 Å². The van der Waals surface area contributed by atoms with Crippen LogP contribution in [0, 0.1) is 0 Å². The number of benzene rings is 1. The van der Waals surface area contributed by atoms with Gasteiger partial charge in [-0.1, -0.05) is 31.7 Å². The van der Waals surface area contributed by atoms with Gasteiger partial charge in [0.15, 0.2) is 11.5 Å². The van der Waals surface area contributed by atoms with Crippen LogP contribution in [0.5, 0.6) is 11.5 Å². The quantitative estimate of drug-likeness (QED) is 0.685. The van der Waals surface area contributed by atoms with Gasteiger partial charge >= 0.3 is 6.03 Å². The summed E-state index contributed by atoms with van der Waals surface area (Å²) in [5.74, 6) is 0.948. The topological polar surface area (TPSA) is 97.0 Å². The van der Waals surface area contributed by atoms with Crippen LogP contribution in [0.2, 0.25) is 0 Å². The van der Waals surface area contributed by atoms with Gasteiger partial charge in [0.25, 0.3) is 5.91 Å². The van der Waals surface area contributed by atoms with Crippen molar-refractivity contribution >= 4 is 17.8 Å². The number of hydrogen-bond donors (Lipinski definition) is 2. The van der Waals surface area contributed by atoms with Crippen LogP contribution in [0.25, 0.3) is 0 Å². The van der Waals surface area contributed by atoms with Crippen LogP contribution < -0.4 is 20.1 Å². The Balaban J connectivity index is 1.30. The number of imide groups is 1. The molecule has 1 aromatic rings. The van der Waals surface area contributed by atoms with Crippen LogP contribution >= 0.6 is 0 Å². The monoisotopic (exact) mass is 441 g/mol. The number of fused-ring (bicyclic) bond motifs is 1. The molecule has 3 fully saturated rings. The van der Waals surface area contributed by atoms with Crippen molar-refractivity contribution in [1.29, 1.82) is 0 Å². The molecule has 1 atom stereocenters. The predicted octanol–water partition coefficient (Wildman–Crippen LogP) is 2.64. The molecule has 32 heavy (non-hydrogen) atoms. The van der Waals surface area contributed by atoms with E-state index in [1.807, 2.05) is 12.1 Å². The number of nitrogens with zero attached hydrogens (tertiary/aromatic N) is 1. The average molecular weight is 442 g/mol. The third-order valence-corrected chi connectivity index (χ3v) is 7.73. The lowest BCUT2D eigenvalue weighted by atomic mass is 9.78. The second-order valence-corrected chi connectivity index (χ2v) is 9.63. The summed E-state index contributed by atoms with van der Waals surface area (Å²) in [4.78, 5) is 39.7. The lowest BCUT2D eigenvalue weighted by molar-refractivity contribution is -0.137. The van der Waals surface area contributed by atoms with Crippen molar-refractivity contribution in [2.24, 2.45) is 0 Å². The van der Waals surface area contributed by atoms with E-state index in [2.05, 4.69) is 16.7 Å². The highest BCUT2D eigenvalue weighted by molar-refractivity contribution is 6.09. The fraction of sp³-hybridized carbons (Fsp3) is 0.625. The molecule has 2 heterocycles. The summed E-state index contributed by atoms with van der Waals surface area (Å²) in [6.07, 6.45) is 7.24. The number of nitrogens with one attached hydrogen (secondary N) is 2. The third kappa shape index (κ3) is 3.40. The van der Waals surface area contributed by atoms with Gasteiger partial charge in [-0.05, 0) is 50.3 Å². The fourth-order valence-corrected chi connectivity index (χ4v) is 5.82. The zero-order valence-electron chi connectivity index (χ0n) is 18.6. The molecule has 2 N–H and O–H groups in total. The molecule has 2 aliphatic heterocycles. The minimum Gasteiger partial charge on any atom is -0.486 e. The van der Waals surface area contributed by atoms with Gasteiger partial charge in [0, 0.05) is 12.0 Å². The van der Waals surface area contributed by atoms with Gasteiger partial charge in [0.05, 0.1) is 0 Å².